The predicted octanol–water partition coefficient (Wildman–Crippen LogP) is 1.02. The molecule has 96 valence electrons. The molecule has 1 aromatic carbocycles. The second kappa shape index (κ2) is 4.42. The number of hydrogen-bond acceptors (Lipinski definition) is 4. The van der Waals surface area contributed by atoms with Gasteiger partial charge in [-0.2, -0.15) is 13.1 Å². The Kier molecular flexibility index (Phi) is 3.53. The molecule has 0 aromatic heterocycles. The molecule has 0 amide bonds. The van der Waals surface area contributed by atoms with Crippen LogP contribution in [0.3, 0.4) is 0 Å². The van der Waals surface area contributed by atoms with Crippen molar-refractivity contribution < 1.29 is 13.5 Å². The third kappa shape index (κ3) is 4.49. The van der Waals surface area contributed by atoms with Crippen LogP contribution in [0.25, 0.3) is 0 Å². The molecule has 0 atom stereocenters. The molecule has 1 aromatic rings. The fraction of sp³-hybridized carbons (Fsp3) is 0.400. The Morgan fingerprint density at radius 2 is 1.88 bits per heavy atom. The molecule has 0 radical (unpaired) electrons. The number of anilines is 2. The zero-order valence-corrected chi connectivity index (χ0v) is 10.8. The van der Waals surface area contributed by atoms with Crippen LogP contribution in [0.4, 0.5) is 11.4 Å². The molecule has 0 aliphatic rings. The minimum absolute atomic E-state index is 0.0192. The van der Waals surface area contributed by atoms with Gasteiger partial charge in [-0.05, 0) is 32.9 Å². The fourth-order valence-electron chi connectivity index (χ4n) is 1.22. The molecule has 1 rings (SSSR count). The summed E-state index contributed by atoms with van der Waals surface area (Å²) >= 11 is 0. The Bertz CT molecular complexity index is 506. The summed E-state index contributed by atoms with van der Waals surface area (Å²) in [5.41, 5.74) is 5.37. The van der Waals surface area contributed by atoms with Crippen LogP contribution in [-0.4, -0.2) is 19.1 Å². The van der Waals surface area contributed by atoms with E-state index in [1.54, 1.807) is 20.8 Å². The van der Waals surface area contributed by atoms with Gasteiger partial charge in [0.2, 0.25) is 0 Å². The number of benzene rings is 1. The van der Waals surface area contributed by atoms with Gasteiger partial charge in [0.1, 0.15) is 5.75 Å². The highest BCUT2D eigenvalue weighted by atomic mass is 32.2. The van der Waals surface area contributed by atoms with E-state index in [2.05, 4.69) is 9.44 Å². The average Bonchev–Trinajstić information content (AvgIpc) is 2.05. The zero-order valence-electron chi connectivity index (χ0n) is 9.98. The van der Waals surface area contributed by atoms with Gasteiger partial charge in [-0.15, -0.1) is 0 Å². The molecule has 7 heteroatoms. The number of nitrogens with one attached hydrogen (secondary N) is 2. The molecular formula is C10H17N3O3S. The third-order valence-corrected chi connectivity index (χ3v) is 3.09. The van der Waals surface area contributed by atoms with Gasteiger partial charge in [0.05, 0.1) is 11.4 Å². The van der Waals surface area contributed by atoms with E-state index in [1.807, 2.05) is 0 Å². The molecule has 0 saturated carbocycles. The Hall–Kier alpha value is -1.47. The first-order valence-electron chi connectivity index (χ1n) is 4.99. The second-order valence-corrected chi connectivity index (χ2v) is 6.14. The van der Waals surface area contributed by atoms with Crippen molar-refractivity contribution in [3.8, 4) is 5.75 Å². The summed E-state index contributed by atoms with van der Waals surface area (Å²) in [6.45, 7) is 5.19. The van der Waals surface area contributed by atoms with Crippen molar-refractivity contribution in [2.75, 3.05) is 10.5 Å². The highest BCUT2D eigenvalue weighted by molar-refractivity contribution is 7.90. The van der Waals surface area contributed by atoms with Crippen molar-refractivity contribution in [3.05, 3.63) is 18.2 Å². The lowest BCUT2D eigenvalue weighted by atomic mass is 10.1. The van der Waals surface area contributed by atoms with E-state index in [0.29, 0.717) is 0 Å². The summed E-state index contributed by atoms with van der Waals surface area (Å²) in [6.07, 6.45) is 0. The van der Waals surface area contributed by atoms with Gasteiger partial charge in [-0.1, -0.05) is 0 Å². The normalized spacial score (nSPS) is 12.4. The maximum atomic E-state index is 11.7. The van der Waals surface area contributed by atoms with Gasteiger partial charge < -0.3 is 10.8 Å². The van der Waals surface area contributed by atoms with Crippen LogP contribution in [0.1, 0.15) is 20.8 Å². The van der Waals surface area contributed by atoms with Crippen molar-refractivity contribution >= 4 is 21.6 Å². The van der Waals surface area contributed by atoms with Gasteiger partial charge in [0.15, 0.2) is 0 Å². The number of phenolic OH excluding ortho intramolecular Hbond substituents is 1. The maximum Gasteiger partial charge on any atom is 0.299 e. The summed E-state index contributed by atoms with van der Waals surface area (Å²) in [7, 11) is -3.69. The van der Waals surface area contributed by atoms with E-state index < -0.39 is 15.7 Å². The first kappa shape index (κ1) is 13.6. The molecule has 5 N–H and O–H groups in total. The van der Waals surface area contributed by atoms with E-state index in [4.69, 9.17) is 10.8 Å². The molecule has 6 nitrogen and oxygen atoms in total. The lowest BCUT2D eigenvalue weighted by Crippen LogP contribution is -2.43. The highest BCUT2D eigenvalue weighted by Crippen LogP contribution is 2.24. The number of phenols is 1. The van der Waals surface area contributed by atoms with E-state index in [-0.39, 0.29) is 17.1 Å². The number of rotatable bonds is 3. The van der Waals surface area contributed by atoms with Crippen LogP contribution in [0.15, 0.2) is 18.2 Å². The van der Waals surface area contributed by atoms with Crippen LogP contribution < -0.4 is 15.2 Å². The van der Waals surface area contributed by atoms with Crippen LogP contribution >= 0.6 is 0 Å². The van der Waals surface area contributed by atoms with Crippen molar-refractivity contribution in [3.63, 3.8) is 0 Å². The van der Waals surface area contributed by atoms with Crippen LogP contribution in [-0.2, 0) is 10.2 Å². The van der Waals surface area contributed by atoms with E-state index in [9.17, 15) is 8.42 Å². The molecular weight excluding hydrogens is 242 g/mol. The lowest BCUT2D eigenvalue weighted by Gasteiger charge is -2.21. The minimum Gasteiger partial charge on any atom is -0.508 e. The first-order chi connectivity index (χ1) is 7.59. The number of nitrogen functional groups attached to an aromatic ring is 1. The molecule has 0 saturated heterocycles. The van der Waals surface area contributed by atoms with Gasteiger partial charge in [-0.25, -0.2) is 0 Å². The van der Waals surface area contributed by atoms with Crippen LogP contribution in [0.2, 0.25) is 0 Å². The van der Waals surface area contributed by atoms with Gasteiger partial charge in [0.25, 0.3) is 10.2 Å². The second-order valence-electron chi connectivity index (χ2n) is 4.73. The Labute approximate surface area is 101 Å². The number of aromatic hydroxyl groups is 1. The molecule has 0 fully saturated rings. The van der Waals surface area contributed by atoms with E-state index >= 15 is 0 Å². The van der Waals surface area contributed by atoms with Gasteiger partial charge >= 0.3 is 0 Å². The lowest BCUT2D eigenvalue weighted by molar-refractivity contribution is 0.475. The third-order valence-electron chi connectivity index (χ3n) is 1.72. The van der Waals surface area contributed by atoms with Crippen LogP contribution in [0.5, 0.6) is 5.75 Å². The summed E-state index contributed by atoms with van der Waals surface area (Å²) in [4.78, 5) is 0. The molecule has 0 bridgehead atoms. The molecule has 0 unspecified atom stereocenters. The zero-order chi connectivity index (χ0) is 13.3. The topological polar surface area (TPSA) is 104 Å². The van der Waals surface area contributed by atoms with Crippen LogP contribution in [0, 0.1) is 0 Å². The first-order valence-corrected chi connectivity index (χ1v) is 6.48. The van der Waals surface area contributed by atoms with Crippen molar-refractivity contribution in [1.82, 2.24) is 4.72 Å². The SMILES string of the molecule is CC(C)(C)NS(=O)(=O)Nc1ccc(O)cc1N. The molecule has 0 spiro atoms. The summed E-state index contributed by atoms with van der Waals surface area (Å²) in [5, 5.41) is 9.15. The standard InChI is InChI=1S/C10H17N3O3S/c1-10(2,3)13-17(15,16)12-9-5-4-7(14)6-8(9)11/h4-6,12-14H,11H2,1-3H3. The smallest absolute Gasteiger partial charge is 0.299 e. The van der Waals surface area contributed by atoms with E-state index in [0.717, 1.165) is 0 Å². The summed E-state index contributed by atoms with van der Waals surface area (Å²) < 4.78 is 28.1. The maximum absolute atomic E-state index is 11.7. The molecule has 0 heterocycles. The van der Waals surface area contributed by atoms with Gasteiger partial charge in [-0.3, -0.25) is 4.72 Å². The van der Waals surface area contributed by atoms with Crippen molar-refractivity contribution in [2.45, 2.75) is 26.3 Å². The Morgan fingerprint density at radius 3 is 2.35 bits per heavy atom. The highest BCUT2D eigenvalue weighted by Gasteiger charge is 2.20. The quantitative estimate of drug-likeness (QED) is 0.480. The van der Waals surface area contributed by atoms with Gasteiger partial charge in [0, 0.05) is 11.6 Å². The predicted molar refractivity (Wildman–Crippen MR) is 68.0 cm³/mol. The fourth-order valence-corrected chi connectivity index (χ4v) is 2.55. The van der Waals surface area contributed by atoms with E-state index in [1.165, 1.54) is 18.2 Å². The molecule has 0 aliphatic heterocycles. The Balaban J connectivity index is 2.91. The average molecular weight is 259 g/mol. The number of nitrogens with two attached hydrogens (primary N) is 1. The monoisotopic (exact) mass is 259 g/mol. The Morgan fingerprint density at radius 1 is 1.29 bits per heavy atom. The molecule has 17 heavy (non-hydrogen) atoms. The van der Waals surface area contributed by atoms with Crippen molar-refractivity contribution in [2.24, 2.45) is 0 Å². The van der Waals surface area contributed by atoms with Crippen molar-refractivity contribution in [1.29, 1.82) is 0 Å². The summed E-state index contributed by atoms with van der Waals surface area (Å²) in [5.74, 6) is -0.0192. The largest absolute Gasteiger partial charge is 0.508 e. The molecule has 0 aliphatic carbocycles. The summed E-state index contributed by atoms with van der Waals surface area (Å²) in [6, 6.07) is 4.02. The minimum atomic E-state index is -3.69. The number of hydrogen-bond donors (Lipinski definition) is 4.